The maximum Gasteiger partial charge on any atom is 0.0943 e. The summed E-state index contributed by atoms with van der Waals surface area (Å²) in [5.41, 5.74) is 7.41. The Bertz CT molecular complexity index is 417. The zero-order chi connectivity index (χ0) is 9.26. The Morgan fingerprint density at radius 3 is 3.08 bits per heavy atom. The molecule has 1 aromatic carbocycles. The minimum atomic E-state index is 0.772. The summed E-state index contributed by atoms with van der Waals surface area (Å²) in [6.07, 6.45) is 3.15. The van der Waals surface area contributed by atoms with Gasteiger partial charge in [-0.15, -0.1) is 0 Å². The van der Waals surface area contributed by atoms with E-state index in [0.29, 0.717) is 0 Å². The van der Waals surface area contributed by atoms with Gasteiger partial charge in [-0.1, -0.05) is 6.92 Å². The molecule has 2 aromatic rings. The summed E-state index contributed by atoms with van der Waals surface area (Å²) in [5, 5.41) is 5.56. The van der Waals surface area contributed by atoms with E-state index < -0.39 is 0 Å². The second-order valence-electron chi connectivity index (χ2n) is 3.21. The van der Waals surface area contributed by atoms with Gasteiger partial charge in [-0.2, -0.15) is 5.10 Å². The lowest BCUT2D eigenvalue weighted by Crippen LogP contribution is -1.95. The number of rotatable bonds is 2. The molecule has 0 aliphatic carbocycles. The number of aromatic nitrogens is 2. The summed E-state index contributed by atoms with van der Waals surface area (Å²) in [7, 11) is 0. The number of fused-ring (bicyclic) bond motifs is 1. The Morgan fingerprint density at radius 1 is 1.46 bits per heavy atom. The fourth-order valence-electron chi connectivity index (χ4n) is 1.43. The van der Waals surface area contributed by atoms with Gasteiger partial charge in [-0.3, -0.25) is 4.68 Å². The Kier molecular flexibility index (Phi) is 1.93. The summed E-state index contributed by atoms with van der Waals surface area (Å²) < 4.78 is 1.96. The summed E-state index contributed by atoms with van der Waals surface area (Å²) in [6, 6.07) is 5.81. The van der Waals surface area contributed by atoms with Crippen LogP contribution in [0.5, 0.6) is 0 Å². The van der Waals surface area contributed by atoms with Gasteiger partial charge in [0.1, 0.15) is 0 Å². The van der Waals surface area contributed by atoms with Gasteiger partial charge >= 0.3 is 0 Å². The molecule has 0 amide bonds. The molecule has 0 spiro atoms. The highest BCUT2D eigenvalue weighted by molar-refractivity contribution is 5.81. The zero-order valence-electron chi connectivity index (χ0n) is 7.70. The van der Waals surface area contributed by atoms with E-state index in [2.05, 4.69) is 18.2 Å². The van der Waals surface area contributed by atoms with Crippen molar-refractivity contribution in [1.29, 1.82) is 0 Å². The van der Waals surface area contributed by atoms with Crippen molar-refractivity contribution >= 4 is 16.6 Å². The first-order chi connectivity index (χ1) is 6.29. The number of nitrogens with two attached hydrogens (primary N) is 1. The quantitative estimate of drug-likeness (QED) is 0.710. The number of anilines is 1. The molecule has 0 bridgehead atoms. The molecule has 1 heterocycles. The predicted molar refractivity (Wildman–Crippen MR) is 54.4 cm³/mol. The van der Waals surface area contributed by atoms with Crippen molar-refractivity contribution in [1.82, 2.24) is 9.78 Å². The topological polar surface area (TPSA) is 43.8 Å². The van der Waals surface area contributed by atoms with Crippen LogP contribution in [0.1, 0.15) is 13.3 Å². The van der Waals surface area contributed by atoms with E-state index in [1.165, 1.54) is 0 Å². The highest BCUT2D eigenvalue weighted by Gasteiger charge is 1.99. The third kappa shape index (κ3) is 1.49. The molecule has 0 atom stereocenters. The molecule has 0 unspecified atom stereocenters. The van der Waals surface area contributed by atoms with E-state index in [1.54, 1.807) is 0 Å². The van der Waals surface area contributed by atoms with Gasteiger partial charge in [0.25, 0.3) is 0 Å². The van der Waals surface area contributed by atoms with Crippen molar-refractivity contribution < 1.29 is 0 Å². The summed E-state index contributed by atoms with van der Waals surface area (Å²) in [6.45, 7) is 3.11. The van der Waals surface area contributed by atoms with Crippen LogP contribution in [0.15, 0.2) is 24.4 Å². The van der Waals surface area contributed by atoms with Crippen LogP contribution in [0, 0.1) is 0 Å². The second-order valence-corrected chi connectivity index (χ2v) is 3.21. The molecule has 3 heteroatoms. The summed E-state index contributed by atoms with van der Waals surface area (Å²) in [4.78, 5) is 0. The normalized spacial score (nSPS) is 10.8. The molecule has 0 saturated carbocycles. The van der Waals surface area contributed by atoms with Gasteiger partial charge in [0.05, 0.1) is 5.52 Å². The van der Waals surface area contributed by atoms with Gasteiger partial charge < -0.3 is 5.73 Å². The minimum absolute atomic E-state index is 0.772. The molecule has 0 aliphatic heterocycles. The fourth-order valence-corrected chi connectivity index (χ4v) is 1.43. The molecule has 68 valence electrons. The minimum Gasteiger partial charge on any atom is -0.399 e. The molecular formula is C10H13N3. The molecule has 13 heavy (non-hydrogen) atoms. The predicted octanol–water partition coefficient (Wildman–Crippen LogP) is 2.03. The Hall–Kier alpha value is -1.51. The lowest BCUT2D eigenvalue weighted by Gasteiger charge is -1.93. The van der Waals surface area contributed by atoms with E-state index in [4.69, 9.17) is 5.73 Å². The number of hydrogen-bond acceptors (Lipinski definition) is 2. The number of aryl methyl sites for hydroxylation is 1. The van der Waals surface area contributed by atoms with Crippen LogP contribution >= 0.6 is 0 Å². The van der Waals surface area contributed by atoms with Crippen molar-refractivity contribution in [3.63, 3.8) is 0 Å². The number of hydrogen-bond donors (Lipinski definition) is 1. The van der Waals surface area contributed by atoms with E-state index in [9.17, 15) is 0 Å². The van der Waals surface area contributed by atoms with Crippen molar-refractivity contribution in [2.45, 2.75) is 19.9 Å². The van der Waals surface area contributed by atoms with Crippen molar-refractivity contribution in [3.05, 3.63) is 24.4 Å². The Morgan fingerprint density at radius 2 is 2.31 bits per heavy atom. The molecule has 2 rings (SSSR count). The van der Waals surface area contributed by atoms with Crippen LogP contribution < -0.4 is 5.73 Å². The fraction of sp³-hybridized carbons (Fsp3) is 0.300. The highest BCUT2D eigenvalue weighted by atomic mass is 15.3. The SMILES string of the molecule is CCCn1cc2ccc(N)cc2n1. The first-order valence-corrected chi connectivity index (χ1v) is 4.52. The monoisotopic (exact) mass is 175 g/mol. The molecule has 3 nitrogen and oxygen atoms in total. The molecule has 0 saturated heterocycles. The largest absolute Gasteiger partial charge is 0.399 e. The van der Waals surface area contributed by atoms with Crippen molar-refractivity contribution in [3.8, 4) is 0 Å². The van der Waals surface area contributed by atoms with Gasteiger partial charge in [0.2, 0.25) is 0 Å². The van der Waals surface area contributed by atoms with E-state index in [1.807, 2.05) is 22.9 Å². The third-order valence-corrected chi connectivity index (χ3v) is 2.03. The zero-order valence-corrected chi connectivity index (χ0v) is 7.70. The van der Waals surface area contributed by atoms with Crippen LogP contribution in [-0.4, -0.2) is 9.78 Å². The van der Waals surface area contributed by atoms with Crippen LogP contribution in [0.2, 0.25) is 0 Å². The maximum atomic E-state index is 5.66. The van der Waals surface area contributed by atoms with Crippen molar-refractivity contribution in [2.75, 3.05) is 5.73 Å². The lowest BCUT2D eigenvalue weighted by molar-refractivity contribution is 0.609. The summed E-state index contributed by atoms with van der Waals surface area (Å²) >= 11 is 0. The third-order valence-electron chi connectivity index (χ3n) is 2.03. The average molecular weight is 175 g/mol. The van der Waals surface area contributed by atoms with E-state index in [-0.39, 0.29) is 0 Å². The first-order valence-electron chi connectivity index (χ1n) is 4.52. The van der Waals surface area contributed by atoms with Gasteiger partial charge in [0, 0.05) is 23.8 Å². The smallest absolute Gasteiger partial charge is 0.0943 e. The first kappa shape index (κ1) is 8.10. The molecule has 0 radical (unpaired) electrons. The van der Waals surface area contributed by atoms with Gasteiger partial charge in [-0.25, -0.2) is 0 Å². The van der Waals surface area contributed by atoms with Gasteiger partial charge in [-0.05, 0) is 24.6 Å². The Balaban J connectivity index is 2.49. The molecule has 2 N–H and O–H groups in total. The van der Waals surface area contributed by atoms with Crippen molar-refractivity contribution in [2.24, 2.45) is 0 Å². The second kappa shape index (κ2) is 3.09. The Labute approximate surface area is 77.2 Å². The van der Waals surface area contributed by atoms with Crippen LogP contribution in [0.25, 0.3) is 10.9 Å². The van der Waals surface area contributed by atoms with Gasteiger partial charge in [0.15, 0.2) is 0 Å². The van der Waals surface area contributed by atoms with E-state index >= 15 is 0 Å². The number of nitrogens with zero attached hydrogens (tertiary/aromatic N) is 2. The molecular weight excluding hydrogens is 162 g/mol. The van der Waals surface area contributed by atoms with Crippen LogP contribution in [0.3, 0.4) is 0 Å². The highest BCUT2D eigenvalue weighted by Crippen LogP contribution is 2.15. The number of benzene rings is 1. The van der Waals surface area contributed by atoms with Crippen LogP contribution in [-0.2, 0) is 6.54 Å². The number of nitrogen functional groups attached to an aromatic ring is 1. The average Bonchev–Trinajstić information content (AvgIpc) is 2.46. The molecule has 0 fully saturated rings. The standard InChI is InChI=1S/C10H13N3/c1-2-5-13-7-8-3-4-9(11)6-10(8)12-13/h3-4,6-7H,2,5,11H2,1H3. The summed E-state index contributed by atoms with van der Waals surface area (Å²) in [5.74, 6) is 0. The maximum absolute atomic E-state index is 5.66. The molecule has 0 aliphatic rings. The van der Waals surface area contributed by atoms with Crippen LogP contribution in [0.4, 0.5) is 5.69 Å². The lowest BCUT2D eigenvalue weighted by atomic mass is 10.2. The van der Waals surface area contributed by atoms with E-state index in [0.717, 1.165) is 29.6 Å². The molecule has 1 aromatic heterocycles.